The molecule has 1 atom stereocenters. The molecule has 1 fully saturated rings. The molecule has 266 valence electrons. The van der Waals surface area contributed by atoms with Gasteiger partial charge >= 0.3 is 5.25 Å². The summed E-state index contributed by atoms with van der Waals surface area (Å²) in [6.45, 7) is 15.9. The Balaban J connectivity index is 0.000000804. The monoisotopic (exact) mass is 710 g/mol. The van der Waals surface area contributed by atoms with E-state index in [1.165, 1.54) is 17.7 Å². The van der Waals surface area contributed by atoms with Gasteiger partial charge in [-0.05, 0) is 78.6 Å². The van der Waals surface area contributed by atoms with E-state index in [0.717, 1.165) is 20.2 Å². The minimum atomic E-state index is -5.83. The lowest BCUT2D eigenvalue weighted by Gasteiger charge is -2.41. The van der Waals surface area contributed by atoms with E-state index in [9.17, 15) is 21.8 Å². The lowest BCUT2D eigenvalue weighted by Crippen LogP contribution is -2.43. The summed E-state index contributed by atoms with van der Waals surface area (Å²) in [5.74, 6) is -0.818. The van der Waals surface area contributed by atoms with E-state index in [1.54, 1.807) is 26.0 Å². The van der Waals surface area contributed by atoms with Gasteiger partial charge in [0.05, 0.1) is 37.3 Å². The number of rotatable bonds is 10. The largest absolute Gasteiger partial charge is 0.743 e. The summed E-state index contributed by atoms with van der Waals surface area (Å²) in [4.78, 5) is 2.98. The van der Waals surface area contributed by atoms with Crippen LogP contribution in [-0.2, 0) is 41.7 Å². The molecule has 3 aromatic carbocycles. The number of aliphatic hydroxyl groups is 2. The van der Waals surface area contributed by atoms with Crippen LogP contribution < -0.4 is 4.74 Å². The molecule has 0 bridgehead atoms. The van der Waals surface area contributed by atoms with E-state index in [0.29, 0.717) is 13.2 Å². The molecule has 12 heteroatoms. The molecule has 2 N–H and O–H groups in total. The fraction of sp³-hybridized carbons (Fsp3) is 0.500. The Labute approximate surface area is 286 Å². The first kappa shape index (κ1) is 39.9. The number of aliphatic hydroxyl groups excluding tert-OH is 2. The number of halogens is 2. The standard InChI is InChI=1S/C31H36F2O6S2.C5H12O2/c1-28(2,3)22-7-13-25(14-8-22)40(27-17-11-24(12-18-27)37-21-31(32,33)41(34,35)36)26-15-9-23(10-16-26)30(6)38-19-29(4,5)20-39-30;1-5(2,3-6)4-7/h7-18H,19-21H2,1-6H3;6-7H,3-4H2,1-2H3. The average molecular weight is 711 g/mol. The van der Waals surface area contributed by atoms with Gasteiger partial charge in [-0.3, -0.25) is 0 Å². The lowest BCUT2D eigenvalue weighted by molar-refractivity contribution is -0.298. The Hall–Kier alpha value is -2.58. The third kappa shape index (κ3) is 10.5. The second-order valence-electron chi connectivity index (χ2n) is 14.6. The molecule has 0 spiro atoms. The highest BCUT2D eigenvalue weighted by Crippen LogP contribution is 2.39. The summed E-state index contributed by atoms with van der Waals surface area (Å²) in [6, 6.07) is 23.0. The molecule has 1 saturated heterocycles. The zero-order chi connectivity index (χ0) is 36.2. The van der Waals surface area contributed by atoms with Crippen LogP contribution in [0.25, 0.3) is 0 Å². The van der Waals surface area contributed by atoms with Gasteiger partial charge in [-0.15, -0.1) is 0 Å². The predicted octanol–water partition coefficient (Wildman–Crippen LogP) is 6.84. The first-order valence-corrected chi connectivity index (χ1v) is 18.2. The van der Waals surface area contributed by atoms with Gasteiger partial charge in [0.15, 0.2) is 37.2 Å². The van der Waals surface area contributed by atoms with Crippen molar-refractivity contribution in [1.29, 1.82) is 0 Å². The molecule has 0 aromatic heterocycles. The van der Waals surface area contributed by atoms with Gasteiger partial charge in [0.25, 0.3) is 0 Å². The number of hydrogen-bond acceptors (Lipinski definition) is 8. The van der Waals surface area contributed by atoms with Crippen molar-refractivity contribution in [3.05, 3.63) is 83.9 Å². The maximum Gasteiger partial charge on any atom is 0.367 e. The fourth-order valence-electron chi connectivity index (χ4n) is 4.27. The van der Waals surface area contributed by atoms with Crippen molar-refractivity contribution in [3.8, 4) is 5.75 Å². The van der Waals surface area contributed by atoms with Crippen LogP contribution in [0.3, 0.4) is 0 Å². The maximum absolute atomic E-state index is 13.6. The molecule has 1 aliphatic heterocycles. The number of alkyl halides is 2. The highest BCUT2D eigenvalue weighted by Gasteiger charge is 2.40. The van der Waals surface area contributed by atoms with E-state index in [-0.39, 0.29) is 35.2 Å². The van der Waals surface area contributed by atoms with Crippen molar-refractivity contribution in [2.24, 2.45) is 10.8 Å². The SMILES string of the molecule is CC(C)(CO)CO.CC1(C)COC(C)(c2ccc([S+](c3ccc(OCC(F)(F)S(=O)(=O)[O-])cc3)c3ccc(C(C)(C)C)cc3)cc2)OC1. The number of hydrogen-bond donors (Lipinski definition) is 2. The molecule has 3 aromatic rings. The first-order valence-electron chi connectivity index (χ1n) is 15.5. The maximum atomic E-state index is 13.6. The molecule has 0 amide bonds. The van der Waals surface area contributed by atoms with Crippen molar-refractivity contribution in [3.63, 3.8) is 0 Å². The zero-order valence-electron chi connectivity index (χ0n) is 28.9. The minimum Gasteiger partial charge on any atom is -0.743 e. The van der Waals surface area contributed by atoms with Crippen molar-refractivity contribution in [2.45, 2.75) is 86.5 Å². The minimum absolute atomic E-state index is 0.0125. The molecule has 1 unspecified atom stereocenters. The lowest BCUT2D eigenvalue weighted by atomic mass is 9.87. The topological polar surface area (TPSA) is 125 Å². The normalized spacial score (nSPS) is 17.2. The molecule has 0 saturated carbocycles. The Morgan fingerprint density at radius 1 is 0.792 bits per heavy atom. The smallest absolute Gasteiger partial charge is 0.367 e. The van der Waals surface area contributed by atoms with Crippen molar-refractivity contribution < 1.29 is 46.2 Å². The summed E-state index contributed by atoms with van der Waals surface area (Å²) in [5, 5.41) is 12.3. The highest BCUT2D eigenvalue weighted by molar-refractivity contribution is 7.97. The summed E-state index contributed by atoms with van der Waals surface area (Å²) in [7, 11) is -6.39. The predicted molar refractivity (Wildman–Crippen MR) is 181 cm³/mol. The third-order valence-corrected chi connectivity index (χ3v) is 10.8. The van der Waals surface area contributed by atoms with E-state index >= 15 is 0 Å². The van der Waals surface area contributed by atoms with E-state index in [4.69, 9.17) is 24.4 Å². The second-order valence-corrected chi connectivity index (χ2v) is 18.2. The third-order valence-electron chi connectivity index (χ3n) is 7.74. The molecule has 8 nitrogen and oxygen atoms in total. The van der Waals surface area contributed by atoms with Gasteiger partial charge in [-0.2, -0.15) is 8.78 Å². The van der Waals surface area contributed by atoms with Crippen molar-refractivity contribution >= 4 is 21.0 Å². The van der Waals surface area contributed by atoms with Gasteiger partial charge in [-0.25, -0.2) is 8.42 Å². The van der Waals surface area contributed by atoms with Crippen LogP contribution >= 0.6 is 0 Å². The molecule has 48 heavy (non-hydrogen) atoms. The van der Waals surface area contributed by atoms with E-state index in [2.05, 4.69) is 58.9 Å². The Morgan fingerprint density at radius 2 is 1.21 bits per heavy atom. The van der Waals surface area contributed by atoms with Crippen LogP contribution in [0.4, 0.5) is 8.78 Å². The number of ether oxygens (including phenoxy) is 3. The Morgan fingerprint density at radius 3 is 1.58 bits per heavy atom. The summed E-state index contributed by atoms with van der Waals surface area (Å²) >= 11 is 0. The summed E-state index contributed by atoms with van der Waals surface area (Å²) in [6.07, 6.45) is 0. The van der Waals surface area contributed by atoms with Crippen LogP contribution in [0.15, 0.2) is 87.5 Å². The number of benzene rings is 3. The average Bonchev–Trinajstić information content (AvgIpc) is 3.02. The van der Waals surface area contributed by atoms with Gasteiger partial charge in [0.1, 0.15) is 5.75 Å². The summed E-state index contributed by atoms with van der Waals surface area (Å²) in [5.41, 5.74) is 1.73. The molecule has 1 heterocycles. The fourth-order valence-corrected chi connectivity index (χ4v) is 6.52. The molecule has 0 aliphatic carbocycles. The van der Waals surface area contributed by atoms with Crippen LogP contribution in [0.5, 0.6) is 5.75 Å². The quantitative estimate of drug-likeness (QED) is 0.173. The Bertz CT molecular complexity index is 1570. The van der Waals surface area contributed by atoms with Crippen LogP contribution in [0, 0.1) is 10.8 Å². The van der Waals surface area contributed by atoms with Crippen molar-refractivity contribution in [1.82, 2.24) is 0 Å². The molecular formula is C36H48F2O8S2. The Kier molecular flexibility index (Phi) is 12.6. The molecule has 0 radical (unpaired) electrons. The molecule has 4 rings (SSSR count). The van der Waals surface area contributed by atoms with Gasteiger partial charge < -0.3 is 29.0 Å². The van der Waals surface area contributed by atoms with Gasteiger partial charge in [0, 0.05) is 16.4 Å². The van der Waals surface area contributed by atoms with Crippen LogP contribution in [0.2, 0.25) is 0 Å². The van der Waals surface area contributed by atoms with Crippen LogP contribution in [0.1, 0.15) is 66.5 Å². The highest BCUT2D eigenvalue weighted by atomic mass is 32.2. The zero-order valence-corrected chi connectivity index (χ0v) is 30.5. The molecular weight excluding hydrogens is 663 g/mol. The van der Waals surface area contributed by atoms with E-state index in [1.807, 2.05) is 31.2 Å². The summed E-state index contributed by atoms with van der Waals surface area (Å²) < 4.78 is 76.7. The van der Waals surface area contributed by atoms with Gasteiger partial charge in [-0.1, -0.05) is 60.6 Å². The van der Waals surface area contributed by atoms with Crippen LogP contribution in [-0.4, -0.2) is 61.5 Å². The second kappa shape index (κ2) is 15.1. The van der Waals surface area contributed by atoms with E-state index < -0.39 is 38.7 Å². The first-order chi connectivity index (χ1) is 22.0. The van der Waals surface area contributed by atoms with Crippen molar-refractivity contribution in [2.75, 3.05) is 33.0 Å². The van der Waals surface area contributed by atoms with Gasteiger partial charge in [0.2, 0.25) is 0 Å². The molecule has 1 aliphatic rings.